The van der Waals surface area contributed by atoms with E-state index < -0.39 is 0 Å². The second-order valence-electron chi connectivity index (χ2n) is 7.25. The van der Waals surface area contributed by atoms with Crippen LogP contribution in [-0.4, -0.2) is 51.9 Å². The molecule has 3 heterocycles. The second-order valence-corrected chi connectivity index (χ2v) is 7.25. The van der Waals surface area contributed by atoms with E-state index in [1.165, 1.54) is 11.1 Å². The molecule has 138 valence electrons. The Hall–Kier alpha value is -2.79. The second kappa shape index (κ2) is 7.45. The van der Waals surface area contributed by atoms with Gasteiger partial charge in [-0.15, -0.1) is 0 Å². The highest BCUT2D eigenvalue weighted by Gasteiger charge is 2.24. The Kier molecular flexibility index (Phi) is 4.86. The zero-order valence-electron chi connectivity index (χ0n) is 15.9. The fourth-order valence-electron chi connectivity index (χ4n) is 3.62. The standard InChI is InChI=1S/C22H24N4O/c1-16-5-6-19-13-20(17(2)24-21(19)12-16)22(27)26-10-8-25(9-11-26)15-18-4-3-7-23-14-18/h3-7,12-14H,8-11,15H2,1-2H3. The molecular formula is C22H24N4O. The van der Waals surface area contributed by atoms with Gasteiger partial charge in [-0.1, -0.05) is 18.2 Å². The Morgan fingerprint density at radius 1 is 1.07 bits per heavy atom. The molecule has 0 unspecified atom stereocenters. The monoisotopic (exact) mass is 360 g/mol. The van der Waals surface area contributed by atoms with Crippen molar-refractivity contribution in [2.24, 2.45) is 0 Å². The summed E-state index contributed by atoms with van der Waals surface area (Å²) in [6.45, 7) is 8.09. The van der Waals surface area contributed by atoms with Crippen molar-refractivity contribution >= 4 is 16.8 Å². The lowest BCUT2D eigenvalue weighted by molar-refractivity contribution is 0.0627. The summed E-state index contributed by atoms with van der Waals surface area (Å²) in [6.07, 6.45) is 3.70. The summed E-state index contributed by atoms with van der Waals surface area (Å²) in [5.74, 6) is 0.0866. The molecular weight excluding hydrogens is 336 g/mol. The highest BCUT2D eigenvalue weighted by Crippen LogP contribution is 2.20. The first-order valence-electron chi connectivity index (χ1n) is 9.39. The van der Waals surface area contributed by atoms with Gasteiger partial charge in [0.15, 0.2) is 0 Å². The molecule has 0 saturated carbocycles. The molecule has 1 aliphatic heterocycles. The molecule has 0 radical (unpaired) electrons. The highest BCUT2D eigenvalue weighted by molar-refractivity contribution is 5.98. The fourth-order valence-corrected chi connectivity index (χ4v) is 3.62. The first-order chi connectivity index (χ1) is 13.1. The van der Waals surface area contributed by atoms with Crippen LogP contribution >= 0.6 is 0 Å². The smallest absolute Gasteiger partial charge is 0.255 e. The number of fused-ring (bicyclic) bond motifs is 1. The zero-order chi connectivity index (χ0) is 18.8. The van der Waals surface area contributed by atoms with Crippen LogP contribution in [0.5, 0.6) is 0 Å². The first kappa shape index (κ1) is 17.6. The number of carbonyl (C=O) groups excluding carboxylic acids is 1. The van der Waals surface area contributed by atoms with Crippen LogP contribution in [0.3, 0.4) is 0 Å². The third-order valence-electron chi connectivity index (χ3n) is 5.18. The number of aromatic nitrogens is 2. The summed E-state index contributed by atoms with van der Waals surface area (Å²) in [6, 6.07) is 12.2. The zero-order valence-corrected chi connectivity index (χ0v) is 15.9. The van der Waals surface area contributed by atoms with Crippen LogP contribution in [0.15, 0.2) is 48.8 Å². The van der Waals surface area contributed by atoms with Crippen LogP contribution in [0.4, 0.5) is 0 Å². The molecule has 1 aliphatic rings. The van der Waals surface area contributed by atoms with E-state index in [1.54, 1.807) is 6.20 Å². The molecule has 0 N–H and O–H groups in total. The van der Waals surface area contributed by atoms with Gasteiger partial charge in [0.25, 0.3) is 5.91 Å². The van der Waals surface area contributed by atoms with Gasteiger partial charge in [0, 0.05) is 50.5 Å². The molecule has 0 spiro atoms. The number of hydrogen-bond donors (Lipinski definition) is 0. The molecule has 1 amide bonds. The van der Waals surface area contributed by atoms with Gasteiger partial charge in [0.05, 0.1) is 16.8 Å². The number of pyridine rings is 2. The maximum Gasteiger partial charge on any atom is 0.255 e. The molecule has 3 aromatic rings. The number of piperazine rings is 1. The van der Waals surface area contributed by atoms with Gasteiger partial charge in [-0.05, 0) is 43.2 Å². The van der Waals surface area contributed by atoms with Gasteiger partial charge in [0.2, 0.25) is 0 Å². The lowest BCUT2D eigenvalue weighted by Gasteiger charge is -2.35. The van der Waals surface area contributed by atoms with Crippen molar-refractivity contribution in [1.82, 2.24) is 19.8 Å². The topological polar surface area (TPSA) is 49.3 Å². The Balaban J connectivity index is 1.45. The molecule has 1 aromatic carbocycles. The Morgan fingerprint density at radius 3 is 2.63 bits per heavy atom. The first-order valence-corrected chi connectivity index (χ1v) is 9.39. The molecule has 1 fully saturated rings. The lowest BCUT2D eigenvalue weighted by Crippen LogP contribution is -2.48. The van der Waals surface area contributed by atoms with E-state index in [9.17, 15) is 4.79 Å². The molecule has 5 heteroatoms. The van der Waals surface area contributed by atoms with E-state index in [0.29, 0.717) is 5.56 Å². The number of rotatable bonds is 3. The molecule has 0 aliphatic carbocycles. The van der Waals surface area contributed by atoms with E-state index in [1.807, 2.05) is 36.2 Å². The van der Waals surface area contributed by atoms with Crippen molar-refractivity contribution < 1.29 is 4.79 Å². The predicted molar refractivity (Wildman–Crippen MR) is 107 cm³/mol. The molecule has 5 nitrogen and oxygen atoms in total. The highest BCUT2D eigenvalue weighted by atomic mass is 16.2. The summed E-state index contributed by atoms with van der Waals surface area (Å²) < 4.78 is 0. The SMILES string of the molecule is Cc1ccc2cc(C(=O)N3CCN(Cc4cccnc4)CC3)c(C)nc2c1. The summed E-state index contributed by atoms with van der Waals surface area (Å²) in [5.41, 5.74) is 4.86. The largest absolute Gasteiger partial charge is 0.336 e. The maximum atomic E-state index is 13.1. The van der Waals surface area contributed by atoms with E-state index in [4.69, 9.17) is 0 Å². The summed E-state index contributed by atoms with van der Waals surface area (Å²) in [4.78, 5) is 26.2. The van der Waals surface area contributed by atoms with Crippen LogP contribution in [0, 0.1) is 13.8 Å². The summed E-state index contributed by atoms with van der Waals surface area (Å²) in [5, 5.41) is 1.02. The van der Waals surface area contributed by atoms with Crippen molar-refractivity contribution in [1.29, 1.82) is 0 Å². The minimum Gasteiger partial charge on any atom is -0.336 e. The van der Waals surface area contributed by atoms with E-state index in [0.717, 1.165) is 49.3 Å². The van der Waals surface area contributed by atoms with Gasteiger partial charge in [-0.3, -0.25) is 19.7 Å². The van der Waals surface area contributed by atoms with Crippen molar-refractivity contribution in [3.63, 3.8) is 0 Å². The lowest BCUT2D eigenvalue weighted by atomic mass is 10.1. The van der Waals surface area contributed by atoms with Gasteiger partial charge < -0.3 is 4.90 Å². The molecule has 4 rings (SSSR count). The van der Waals surface area contributed by atoms with Crippen molar-refractivity contribution in [2.75, 3.05) is 26.2 Å². The van der Waals surface area contributed by atoms with Gasteiger partial charge >= 0.3 is 0 Å². The minimum atomic E-state index is 0.0866. The number of carbonyl (C=O) groups is 1. The van der Waals surface area contributed by atoms with Crippen LogP contribution in [-0.2, 0) is 6.54 Å². The minimum absolute atomic E-state index is 0.0866. The third-order valence-corrected chi connectivity index (χ3v) is 5.18. The average molecular weight is 360 g/mol. The maximum absolute atomic E-state index is 13.1. The number of nitrogens with zero attached hydrogens (tertiary/aromatic N) is 4. The number of benzene rings is 1. The molecule has 0 bridgehead atoms. The van der Waals surface area contributed by atoms with E-state index in [-0.39, 0.29) is 5.91 Å². The van der Waals surface area contributed by atoms with Crippen molar-refractivity contribution in [3.05, 3.63) is 71.2 Å². The summed E-state index contributed by atoms with van der Waals surface area (Å²) >= 11 is 0. The Morgan fingerprint density at radius 2 is 1.89 bits per heavy atom. The molecule has 0 atom stereocenters. The number of amides is 1. The predicted octanol–water partition coefficient (Wildman–Crippen LogP) is 3.20. The average Bonchev–Trinajstić information content (AvgIpc) is 2.68. The number of aryl methyl sites for hydroxylation is 2. The van der Waals surface area contributed by atoms with Gasteiger partial charge in [-0.25, -0.2) is 0 Å². The molecule has 2 aromatic heterocycles. The van der Waals surface area contributed by atoms with E-state index >= 15 is 0 Å². The van der Waals surface area contributed by atoms with Crippen molar-refractivity contribution in [3.8, 4) is 0 Å². The van der Waals surface area contributed by atoms with Gasteiger partial charge in [0.1, 0.15) is 0 Å². The molecule has 1 saturated heterocycles. The normalized spacial score (nSPS) is 15.3. The van der Waals surface area contributed by atoms with Crippen LogP contribution in [0.25, 0.3) is 10.9 Å². The van der Waals surface area contributed by atoms with Crippen LogP contribution < -0.4 is 0 Å². The quantitative estimate of drug-likeness (QED) is 0.720. The van der Waals surface area contributed by atoms with Crippen molar-refractivity contribution in [2.45, 2.75) is 20.4 Å². The summed E-state index contributed by atoms with van der Waals surface area (Å²) in [7, 11) is 0. The number of hydrogen-bond acceptors (Lipinski definition) is 4. The fraction of sp³-hybridized carbons (Fsp3) is 0.318. The third kappa shape index (κ3) is 3.83. The van der Waals surface area contributed by atoms with Gasteiger partial charge in [-0.2, -0.15) is 0 Å². The Labute approximate surface area is 159 Å². The Bertz CT molecular complexity index is 963. The van der Waals surface area contributed by atoms with E-state index in [2.05, 4.69) is 40.0 Å². The molecule has 27 heavy (non-hydrogen) atoms. The van der Waals surface area contributed by atoms with Crippen LogP contribution in [0.1, 0.15) is 27.2 Å². The van der Waals surface area contributed by atoms with Crippen LogP contribution in [0.2, 0.25) is 0 Å².